The number of amides is 4. The Morgan fingerprint density at radius 2 is 1.07 bits per heavy atom. The van der Waals surface area contributed by atoms with Gasteiger partial charge in [-0.15, -0.1) is 0 Å². The predicted molar refractivity (Wildman–Crippen MR) is 255 cm³/mol. The molecule has 0 atom stereocenters. The quantitative estimate of drug-likeness (QED) is 0.0575. The maximum atomic E-state index is 13.7. The fourth-order valence-electron chi connectivity index (χ4n) is 7.86. The van der Waals surface area contributed by atoms with Crippen molar-refractivity contribution >= 4 is 52.7 Å². The first-order valence-corrected chi connectivity index (χ1v) is 22.6. The van der Waals surface area contributed by atoms with Crippen molar-refractivity contribution in [2.24, 2.45) is 0 Å². The van der Waals surface area contributed by atoms with Crippen molar-refractivity contribution in [3.63, 3.8) is 0 Å². The number of hydrogen-bond acceptors (Lipinski definition) is 14. The lowest BCUT2D eigenvalue weighted by molar-refractivity contribution is -0.385. The lowest BCUT2D eigenvalue weighted by Crippen LogP contribution is -2.50. The lowest BCUT2D eigenvalue weighted by Gasteiger charge is -2.36. The Morgan fingerprint density at radius 3 is 1.49 bits per heavy atom. The summed E-state index contributed by atoms with van der Waals surface area (Å²) in [5.41, 5.74) is -2.16. The van der Waals surface area contributed by atoms with Crippen LogP contribution in [0.1, 0.15) is 62.6 Å². The van der Waals surface area contributed by atoms with Crippen LogP contribution in [0.15, 0.2) is 84.9 Å². The van der Waals surface area contributed by atoms with E-state index in [0.717, 1.165) is 23.3 Å². The number of carbonyl (C=O) groups is 4. The third-order valence-electron chi connectivity index (χ3n) is 11.5. The van der Waals surface area contributed by atoms with E-state index in [4.69, 9.17) is 4.74 Å². The molecule has 5 aromatic rings. The van der Waals surface area contributed by atoms with Crippen LogP contribution in [0.5, 0.6) is 0 Å². The molecule has 2 aliphatic heterocycles. The summed E-state index contributed by atoms with van der Waals surface area (Å²) in [5.74, 6) is -2.89. The molecule has 3 aromatic carbocycles. The number of nitrogens with zero attached hydrogens (tertiary/aromatic N) is 9. The Hall–Kier alpha value is -9.00. The molecule has 2 saturated heterocycles. The molecule has 7 rings (SSSR count). The number of nitrogens with one attached hydrogen (secondary N) is 2. The van der Waals surface area contributed by atoms with Gasteiger partial charge >= 0.3 is 36.4 Å². The zero-order chi connectivity index (χ0) is 53.9. The number of anilines is 4. The summed E-state index contributed by atoms with van der Waals surface area (Å²) < 4.78 is 91.5. The summed E-state index contributed by atoms with van der Waals surface area (Å²) in [6.07, 6.45) is -9.90. The molecule has 19 nitrogen and oxygen atoms in total. The molecule has 74 heavy (non-hydrogen) atoms. The monoisotopic (exact) mass is 1030 g/mol. The maximum absolute atomic E-state index is 13.7. The second-order valence-electron chi connectivity index (χ2n) is 16.1. The molecule has 0 saturated carbocycles. The normalized spacial score (nSPS) is 13.6. The van der Waals surface area contributed by atoms with Crippen LogP contribution in [0, 0.1) is 39.7 Å². The number of pyridine rings is 2. The number of nitriles is 2. The zero-order valence-electron chi connectivity index (χ0n) is 39.7. The van der Waals surface area contributed by atoms with E-state index in [1.54, 1.807) is 17.0 Å². The standard InChI is InChI=1S/C27H24F3N5O3.C22H21F3N6O5/c1-2-38-25(36)21-16-19(17-31)24(33-23(21)27(28,29)30)34-12-14-35(15-13-34)26(37)32-22-11-7-6-10-20(22)18-8-4-3-5-9-18;1-3-36-20(32)15-11-14(12-26)19(28-18(15)22(23,24)25)29-7-9-30(10-8-29)21(33)27-16-5-4-6-17(13(16)2)31(34)35/h3-11,16H,2,12-15H2,1H3,(H,32,37);4-6,11H,3,7-10H2,1-2H3,(H,27,33). The Balaban J connectivity index is 0.000000241. The van der Waals surface area contributed by atoms with Crippen LogP contribution < -0.4 is 20.4 Å². The molecule has 2 fully saturated rings. The van der Waals surface area contributed by atoms with E-state index in [-0.39, 0.29) is 111 Å². The fourth-order valence-corrected chi connectivity index (χ4v) is 7.86. The number of piperazine rings is 2. The Bertz CT molecular complexity index is 3000. The van der Waals surface area contributed by atoms with Gasteiger partial charge in [0.15, 0.2) is 11.4 Å². The number of para-hydroxylation sites is 1. The number of nitro groups is 1. The van der Waals surface area contributed by atoms with Gasteiger partial charge in [0.05, 0.1) is 57.3 Å². The first-order valence-electron chi connectivity index (χ1n) is 22.6. The molecule has 2 aliphatic rings. The largest absolute Gasteiger partial charge is 0.462 e. The highest BCUT2D eigenvalue weighted by Crippen LogP contribution is 2.37. The minimum absolute atomic E-state index is 0.0546. The van der Waals surface area contributed by atoms with Crippen LogP contribution in [-0.2, 0) is 21.8 Å². The van der Waals surface area contributed by atoms with Gasteiger partial charge in [0.2, 0.25) is 0 Å². The molecule has 0 bridgehead atoms. The van der Waals surface area contributed by atoms with Crippen LogP contribution >= 0.6 is 0 Å². The first-order chi connectivity index (χ1) is 35.2. The van der Waals surface area contributed by atoms with E-state index in [1.807, 2.05) is 54.6 Å². The highest BCUT2D eigenvalue weighted by molar-refractivity contribution is 5.95. The number of esters is 2. The number of halogens is 6. The van der Waals surface area contributed by atoms with Crippen LogP contribution in [-0.4, -0.2) is 114 Å². The van der Waals surface area contributed by atoms with Crippen molar-refractivity contribution in [1.29, 1.82) is 10.5 Å². The van der Waals surface area contributed by atoms with Crippen molar-refractivity contribution in [3.05, 3.63) is 134 Å². The van der Waals surface area contributed by atoms with Crippen molar-refractivity contribution in [2.45, 2.75) is 33.1 Å². The van der Waals surface area contributed by atoms with Gasteiger partial charge in [-0.2, -0.15) is 36.9 Å². The number of urea groups is 2. The van der Waals surface area contributed by atoms with Gasteiger partial charge in [-0.05, 0) is 50.6 Å². The van der Waals surface area contributed by atoms with Gasteiger partial charge in [-0.3, -0.25) is 10.1 Å². The SMILES string of the molecule is CCOC(=O)c1cc(C#N)c(N2CCN(C(=O)Nc3cccc([N+](=O)[O-])c3C)CC2)nc1C(F)(F)F.CCOC(=O)c1cc(C#N)c(N2CCN(C(=O)Nc3ccccc3-c3ccccc3)CC2)nc1C(F)(F)F. The Morgan fingerprint density at radius 1 is 0.649 bits per heavy atom. The van der Waals surface area contributed by atoms with Gasteiger partial charge in [0, 0.05) is 64.0 Å². The third kappa shape index (κ3) is 12.7. The van der Waals surface area contributed by atoms with Crippen molar-refractivity contribution in [2.75, 3.05) is 86.0 Å². The number of aromatic nitrogens is 2. The summed E-state index contributed by atoms with van der Waals surface area (Å²) in [7, 11) is 0. The average Bonchev–Trinajstić information content (AvgIpc) is 3.38. The zero-order valence-corrected chi connectivity index (χ0v) is 39.7. The minimum atomic E-state index is -4.97. The summed E-state index contributed by atoms with van der Waals surface area (Å²) in [6, 6.07) is 25.6. The smallest absolute Gasteiger partial charge is 0.434 e. The number of alkyl halides is 6. The van der Waals surface area contributed by atoms with E-state index in [2.05, 4.69) is 25.3 Å². The average molecular weight is 1030 g/mol. The van der Waals surface area contributed by atoms with Gasteiger partial charge in [-0.25, -0.2) is 29.1 Å². The molecule has 0 aliphatic carbocycles. The molecule has 25 heteroatoms. The Kier molecular flexibility index (Phi) is 17.2. The van der Waals surface area contributed by atoms with Crippen molar-refractivity contribution in [1.82, 2.24) is 19.8 Å². The Labute approximate surface area is 418 Å². The maximum Gasteiger partial charge on any atom is 0.434 e. The molecule has 4 amide bonds. The van der Waals surface area contributed by atoms with Crippen LogP contribution in [0.3, 0.4) is 0 Å². The molecule has 4 heterocycles. The molecule has 0 radical (unpaired) electrons. The summed E-state index contributed by atoms with van der Waals surface area (Å²) >= 11 is 0. The lowest BCUT2D eigenvalue weighted by atomic mass is 10.0. The summed E-state index contributed by atoms with van der Waals surface area (Å²) in [6.45, 7) is 5.05. The third-order valence-corrected chi connectivity index (χ3v) is 11.5. The number of hydrogen-bond donors (Lipinski definition) is 2. The minimum Gasteiger partial charge on any atom is -0.462 e. The van der Waals surface area contributed by atoms with Crippen molar-refractivity contribution < 1.29 is 59.9 Å². The van der Waals surface area contributed by atoms with E-state index in [1.165, 1.54) is 53.7 Å². The second kappa shape index (κ2) is 23.5. The number of rotatable bonds is 10. The van der Waals surface area contributed by atoms with E-state index in [9.17, 15) is 66.2 Å². The first kappa shape index (κ1) is 54.3. The molecule has 2 N–H and O–H groups in total. The predicted octanol–water partition coefficient (Wildman–Crippen LogP) is 8.89. The topological polar surface area (TPSA) is 240 Å². The number of ether oxygens (including phenoxy) is 2. The van der Waals surface area contributed by atoms with Crippen LogP contribution in [0.4, 0.5) is 64.6 Å². The van der Waals surface area contributed by atoms with Gasteiger partial charge in [0.25, 0.3) is 5.69 Å². The van der Waals surface area contributed by atoms with E-state index in [0.29, 0.717) is 5.69 Å². The van der Waals surface area contributed by atoms with E-state index < -0.39 is 57.8 Å². The molecule has 0 unspecified atom stereocenters. The highest BCUT2D eigenvalue weighted by atomic mass is 19.4. The van der Waals surface area contributed by atoms with Gasteiger partial charge in [0.1, 0.15) is 23.8 Å². The van der Waals surface area contributed by atoms with Gasteiger partial charge in [-0.1, -0.05) is 54.6 Å². The van der Waals surface area contributed by atoms with Crippen LogP contribution in [0.2, 0.25) is 0 Å². The van der Waals surface area contributed by atoms with E-state index >= 15 is 0 Å². The molecular weight excluding hydrogens is 985 g/mol. The molecule has 0 spiro atoms. The van der Waals surface area contributed by atoms with Crippen LogP contribution in [0.25, 0.3) is 11.1 Å². The summed E-state index contributed by atoms with van der Waals surface area (Å²) in [4.78, 5) is 73.6. The highest BCUT2D eigenvalue weighted by Gasteiger charge is 2.41. The molecule has 2 aromatic heterocycles. The summed E-state index contributed by atoms with van der Waals surface area (Å²) in [5, 5.41) is 35.7. The van der Waals surface area contributed by atoms with Gasteiger partial charge < -0.3 is 39.7 Å². The number of benzene rings is 3. The number of carbonyl (C=O) groups excluding carboxylic acids is 4. The fraction of sp³-hybridized carbons (Fsp3) is 0.306. The molecule has 386 valence electrons. The second-order valence-corrected chi connectivity index (χ2v) is 16.1. The van der Waals surface area contributed by atoms with Crippen molar-refractivity contribution in [3.8, 4) is 23.3 Å². The molecular formula is C49H45F6N11O8. The number of nitro benzene ring substituents is 1.